The van der Waals surface area contributed by atoms with Gasteiger partial charge in [-0.05, 0) is 39.5 Å². The van der Waals surface area contributed by atoms with Gasteiger partial charge in [-0.1, -0.05) is 13.8 Å². The highest BCUT2D eigenvalue weighted by atomic mass is 16.3. The zero-order valence-electron chi connectivity index (χ0n) is 13.4. The van der Waals surface area contributed by atoms with Gasteiger partial charge in [0.15, 0.2) is 0 Å². The first-order valence-corrected chi connectivity index (χ1v) is 7.87. The summed E-state index contributed by atoms with van der Waals surface area (Å²) < 4.78 is 5.88. The summed E-state index contributed by atoms with van der Waals surface area (Å²) in [6.07, 6.45) is 1.28. The molecule has 1 aliphatic heterocycles. The second-order valence-electron chi connectivity index (χ2n) is 5.72. The van der Waals surface area contributed by atoms with Gasteiger partial charge in [-0.3, -0.25) is 9.80 Å². The predicted molar refractivity (Wildman–Crippen MR) is 82.8 cm³/mol. The first-order valence-electron chi connectivity index (χ1n) is 7.87. The second-order valence-corrected chi connectivity index (χ2v) is 5.72. The molecule has 0 saturated carbocycles. The van der Waals surface area contributed by atoms with Gasteiger partial charge in [-0.15, -0.1) is 0 Å². The molecule has 114 valence electrons. The third kappa shape index (κ3) is 3.62. The van der Waals surface area contributed by atoms with Crippen molar-refractivity contribution in [3.05, 3.63) is 23.2 Å². The van der Waals surface area contributed by atoms with Crippen molar-refractivity contribution in [2.45, 2.75) is 46.3 Å². The van der Waals surface area contributed by atoms with Crippen LogP contribution in [0, 0.1) is 6.92 Å². The summed E-state index contributed by atoms with van der Waals surface area (Å²) in [5, 5.41) is 3.19. The summed E-state index contributed by atoms with van der Waals surface area (Å²) in [4.78, 5) is 5.09. The SMILES string of the molecule is CCN(CC)C1CCN(Cc2cc(CNC)c(C)o2)C1. The normalized spacial score (nSPS) is 20.1. The van der Waals surface area contributed by atoms with Crippen LogP contribution in [0.5, 0.6) is 0 Å². The number of hydrogen-bond acceptors (Lipinski definition) is 4. The molecule has 0 aliphatic carbocycles. The van der Waals surface area contributed by atoms with E-state index in [1.807, 2.05) is 7.05 Å². The molecule has 1 aromatic heterocycles. The Kier molecular flexibility index (Phi) is 5.64. The topological polar surface area (TPSA) is 31.6 Å². The van der Waals surface area contributed by atoms with Crippen molar-refractivity contribution >= 4 is 0 Å². The van der Waals surface area contributed by atoms with Crippen LogP contribution in [0.1, 0.15) is 37.4 Å². The Bertz CT molecular complexity index is 412. The van der Waals surface area contributed by atoms with Crippen molar-refractivity contribution in [1.29, 1.82) is 0 Å². The zero-order chi connectivity index (χ0) is 14.5. The molecule has 1 atom stereocenters. The molecule has 2 heterocycles. The number of furan rings is 1. The number of rotatable bonds is 7. The Morgan fingerprint density at radius 2 is 2.15 bits per heavy atom. The molecule has 1 N–H and O–H groups in total. The summed E-state index contributed by atoms with van der Waals surface area (Å²) in [5.74, 6) is 2.15. The summed E-state index contributed by atoms with van der Waals surface area (Å²) in [7, 11) is 1.97. The van der Waals surface area contributed by atoms with Crippen LogP contribution in [0.4, 0.5) is 0 Å². The first-order chi connectivity index (χ1) is 9.67. The summed E-state index contributed by atoms with van der Waals surface area (Å²) in [5.41, 5.74) is 1.28. The molecule has 20 heavy (non-hydrogen) atoms. The molecule has 0 aromatic carbocycles. The van der Waals surface area contributed by atoms with Crippen molar-refractivity contribution in [2.75, 3.05) is 33.2 Å². The third-order valence-electron chi connectivity index (χ3n) is 4.39. The molecule has 4 heteroatoms. The summed E-state index contributed by atoms with van der Waals surface area (Å²) >= 11 is 0. The van der Waals surface area contributed by atoms with E-state index in [1.54, 1.807) is 0 Å². The highest BCUT2D eigenvalue weighted by Gasteiger charge is 2.26. The monoisotopic (exact) mass is 279 g/mol. The van der Waals surface area contributed by atoms with Gasteiger partial charge in [0.05, 0.1) is 6.54 Å². The Labute approximate surface area is 123 Å². The summed E-state index contributed by atoms with van der Waals surface area (Å²) in [6.45, 7) is 13.1. The van der Waals surface area contributed by atoms with E-state index in [1.165, 1.54) is 25.1 Å². The van der Waals surface area contributed by atoms with E-state index in [9.17, 15) is 0 Å². The van der Waals surface area contributed by atoms with Crippen LogP contribution in [0.15, 0.2) is 10.5 Å². The van der Waals surface area contributed by atoms with Gasteiger partial charge >= 0.3 is 0 Å². The Balaban J connectivity index is 1.90. The lowest BCUT2D eigenvalue weighted by molar-refractivity contribution is 0.204. The number of likely N-dealkylation sites (tertiary alicyclic amines) is 1. The van der Waals surface area contributed by atoms with Crippen LogP contribution in [-0.2, 0) is 13.1 Å². The molecule has 2 rings (SSSR count). The lowest BCUT2D eigenvalue weighted by Gasteiger charge is -2.26. The highest BCUT2D eigenvalue weighted by molar-refractivity contribution is 5.20. The number of hydrogen-bond donors (Lipinski definition) is 1. The van der Waals surface area contributed by atoms with Gasteiger partial charge in [0, 0.05) is 31.2 Å². The lowest BCUT2D eigenvalue weighted by Crippen LogP contribution is -2.37. The van der Waals surface area contributed by atoms with Gasteiger partial charge in [-0.2, -0.15) is 0 Å². The zero-order valence-corrected chi connectivity index (χ0v) is 13.4. The van der Waals surface area contributed by atoms with E-state index in [2.05, 4.69) is 42.0 Å². The molecule has 0 amide bonds. The van der Waals surface area contributed by atoms with Gasteiger partial charge in [0.25, 0.3) is 0 Å². The van der Waals surface area contributed by atoms with E-state index in [0.717, 1.165) is 43.7 Å². The molecular weight excluding hydrogens is 250 g/mol. The average Bonchev–Trinajstić information content (AvgIpc) is 3.00. The standard InChI is InChI=1S/C16H29N3O/c1-5-19(6-2)15-7-8-18(11-15)12-16-9-14(10-17-4)13(3)20-16/h9,15,17H,5-8,10-12H2,1-4H3. The fourth-order valence-corrected chi connectivity index (χ4v) is 3.25. The average molecular weight is 279 g/mol. The molecule has 0 radical (unpaired) electrons. The van der Waals surface area contributed by atoms with Gasteiger partial charge in [-0.25, -0.2) is 0 Å². The van der Waals surface area contributed by atoms with Crippen LogP contribution in [0.2, 0.25) is 0 Å². The second kappa shape index (κ2) is 7.25. The first kappa shape index (κ1) is 15.5. The van der Waals surface area contributed by atoms with E-state index in [4.69, 9.17) is 4.42 Å². The lowest BCUT2D eigenvalue weighted by atomic mass is 10.2. The van der Waals surface area contributed by atoms with Crippen LogP contribution in [-0.4, -0.2) is 49.1 Å². The fourth-order valence-electron chi connectivity index (χ4n) is 3.25. The van der Waals surface area contributed by atoms with Crippen LogP contribution in [0.3, 0.4) is 0 Å². The molecule has 0 bridgehead atoms. The molecule has 1 fully saturated rings. The maximum absolute atomic E-state index is 5.88. The number of nitrogens with zero attached hydrogens (tertiary/aromatic N) is 2. The van der Waals surface area contributed by atoms with Crippen LogP contribution < -0.4 is 5.32 Å². The Morgan fingerprint density at radius 3 is 2.80 bits per heavy atom. The van der Waals surface area contributed by atoms with Gasteiger partial charge in [0.1, 0.15) is 11.5 Å². The maximum atomic E-state index is 5.88. The third-order valence-corrected chi connectivity index (χ3v) is 4.39. The maximum Gasteiger partial charge on any atom is 0.118 e. The molecule has 1 unspecified atom stereocenters. The minimum atomic E-state index is 0.720. The molecule has 4 nitrogen and oxygen atoms in total. The molecule has 1 aliphatic rings. The Hall–Kier alpha value is -0.840. The largest absolute Gasteiger partial charge is 0.465 e. The fraction of sp³-hybridized carbons (Fsp3) is 0.750. The number of likely N-dealkylation sites (N-methyl/N-ethyl adjacent to an activating group) is 1. The van der Waals surface area contributed by atoms with Crippen molar-refractivity contribution in [2.24, 2.45) is 0 Å². The molecule has 1 aromatic rings. The minimum absolute atomic E-state index is 0.720. The molecule has 1 saturated heterocycles. The van der Waals surface area contributed by atoms with E-state index in [0.29, 0.717) is 0 Å². The summed E-state index contributed by atoms with van der Waals surface area (Å²) in [6, 6.07) is 2.93. The number of nitrogens with one attached hydrogen (secondary N) is 1. The number of aryl methyl sites for hydroxylation is 1. The van der Waals surface area contributed by atoms with Crippen LogP contribution >= 0.6 is 0 Å². The van der Waals surface area contributed by atoms with E-state index >= 15 is 0 Å². The van der Waals surface area contributed by atoms with Crippen molar-refractivity contribution in [3.8, 4) is 0 Å². The van der Waals surface area contributed by atoms with Gasteiger partial charge in [0.2, 0.25) is 0 Å². The smallest absolute Gasteiger partial charge is 0.118 e. The molecular formula is C16H29N3O. The highest BCUT2D eigenvalue weighted by Crippen LogP contribution is 2.21. The minimum Gasteiger partial charge on any atom is -0.465 e. The predicted octanol–water partition coefficient (Wildman–Crippen LogP) is 2.22. The van der Waals surface area contributed by atoms with Crippen molar-refractivity contribution < 1.29 is 4.42 Å². The van der Waals surface area contributed by atoms with Crippen LogP contribution in [0.25, 0.3) is 0 Å². The quantitative estimate of drug-likeness (QED) is 0.829. The Morgan fingerprint density at radius 1 is 1.40 bits per heavy atom. The van der Waals surface area contributed by atoms with Crippen molar-refractivity contribution in [3.63, 3.8) is 0 Å². The molecule has 0 spiro atoms. The van der Waals surface area contributed by atoms with Gasteiger partial charge < -0.3 is 9.73 Å². The van der Waals surface area contributed by atoms with Crippen molar-refractivity contribution in [1.82, 2.24) is 15.1 Å². The van der Waals surface area contributed by atoms with E-state index < -0.39 is 0 Å². The van der Waals surface area contributed by atoms with E-state index in [-0.39, 0.29) is 0 Å².